The Kier molecular flexibility index (Phi) is 4.54. The maximum atomic E-state index is 8.42. The van der Waals surface area contributed by atoms with Crippen LogP contribution >= 0.6 is 0 Å². The van der Waals surface area contributed by atoms with Gasteiger partial charge in [0.25, 0.3) is 0 Å². The molecule has 19 heavy (non-hydrogen) atoms. The molecular weight excluding hydrogens is 240 g/mol. The summed E-state index contributed by atoms with van der Waals surface area (Å²) in [7, 11) is 1.98. The van der Waals surface area contributed by atoms with E-state index < -0.39 is 0 Å². The third-order valence-corrected chi connectivity index (χ3v) is 2.76. The quantitative estimate of drug-likeness (QED) is 0.853. The Morgan fingerprint density at radius 3 is 2.74 bits per heavy atom. The van der Waals surface area contributed by atoms with E-state index in [4.69, 9.17) is 10.00 Å². The largest absolute Gasteiger partial charge is 0.479 e. The number of nitrogens with zero attached hydrogens (tertiary/aromatic N) is 3. The van der Waals surface area contributed by atoms with Crippen molar-refractivity contribution in [1.29, 1.82) is 5.26 Å². The van der Waals surface area contributed by atoms with Crippen LogP contribution in [0.1, 0.15) is 11.4 Å². The lowest BCUT2D eigenvalue weighted by atomic mass is 10.2. The Morgan fingerprint density at radius 1 is 1.32 bits per heavy atom. The predicted molar refractivity (Wildman–Crippen MR) is 71.3 cm³/mol. The molecule has 2 rings (SSSR count). The summed E-state index contributed by atoms with van der Waals surface area (Å²) in [4.78, 5) is 4.24. The molecule has 0 atom stereocenters. The molecule has 0 fully saturated rings. The zero-order valence-electron chi connectivity index (χ0n) is 10.8. The summed E-state index contributed by atoms with van der Waals surface area (Å²) in [6.45, 7) is 1.58. The highest BCUT2D eigenvalue weighted by atomic mass is 16.5. The van der Waals surface area contributed by atoms with Gasteiger partial charge >= 0.3 is 0 Å². The van der Waals surface area contributed by atoms with Gasteiger partial charge in [0.15, 0.2) is 6.61 Å². The fraction of sp³-hybridized carbons (Fsp3) is 0.286. The average molecular weight is 256 g/mol. The highest BCUT2D eigenvalue weighted by Gasteiger charge is 1.99. The molecule has 1 aromatic heterocycles. The van der Waals surface area contributed by atoms with E-state index in [1.165, 1.54) is 5.56 Å². The molecule has 0 bridgehead atoms. The van der Waals surface area contributed by atoms with E-state index in [1.54, 1.807) is 6.20 Å². The van der Waals surface area contributed by atoms with E-state index in [9.17, 15) is 0 Å². The van der Waals surface area contributed by atoms with E-state index >= 15 is 0 Å². The van der Waals surface area contributed by atoms with Crippen LogP contribution in [0.25, 0.3) is 0 Å². The van der Waals surface area contributed by atoms with E-state index in [0.717, 1.165) is 24.7 Å². The number of hydrogen-bond acceptors (Lipinski definition) is 4. The van der Waals surface area contributed by atoms with Gasteiger partial charge in [0.05, 0.1) is 6.54 Å². The molecule has 0 radical (unpaired) electrons. The Labute approximate surface area is 112 Å². The number of benzene rings is 1. The molecule has 0 saturated carbocycles. The lowest BCUT2D eigenvalue weighted by Crippen LogP contribution is -2.15. The fourth-order valence-electron chi connectivity index (χ4n) is 1.70. The molecule has 5 nitrogen and oxygen atoms in total. The molecule has 0 spiro atoms. The van der Waals surface area contributed by atoms with E-state index in [0.29, 0.717) is 0 Å². The van der Waals surface area contributed by atoms with Crippen LogP contribution in [0.4, 0.5) is 0 Å². The highest BCUT2D eigenvalue weighted by molar-refractivity contribution is 5.27. The molecule has 0 saturated heterocycles. The van der Waals surface area contributed by atoms with Gasteiger partial charge in [-0.05, 0) is 17.7 Å². The van der Waals surface area contributed by atoms with Crippen LogP contribution in [0.5, 0.6) is 5.75 Å². The van der Waals surface area contributed by atoms with Crippen molar-refractivity contribution < 1.29 is 4.74 Å². The van der Waals surface area contributed by atoms with Crippen molar-refractivity contribution in [1.82, 2.24) is 14.9 Å². The zero-order chi connectivity index (χ0) is 13.5. The number of nitrogens with one attached hydrogen (secondary N) is 1. The minimum atomic E-state index is 0.0801. The van der Waals surface area contributed by atoms with Gasteiger partial charge < -0.3 is 14.6 Å². The molecule has 2 aromatic rings. The standard InChI is InChI=1S/C14H16N4O/c1-18-8-7-17-14(18)11-16-10-12-2-4-13(5-3-12)19-9-6-15/h2-5,7-8,16H,9-11H2,1H3. The molecule has 0 aliphatic heterocycles. The molecule has 98 valence electrons. The number of nitriles is 1. The molecule has 0 unspecified atom stereocenters. The van der Waals surface area contributed by atoms with E-state index in [2.05, 4.69) is 10.3 Å². The third-order valence-electron chi connectivity index (χ3n) is 2.76. The average Bonchev–Trinajstić information content (AvgIpc) is 2.84. The van der Waals surface area contributed by atoms with Crippen LogP contribution in [0, 0.1) is 11.3 Å². The van der Waals surface area contributed by atoms with E-state index in [-0.39, 0.29) is 6.61 Å². The summed E-state index contributed by atoms with van der Waals surface area (Å²) in [5.41, 5.74) is 1.17. The van der Waals surface area contributed by atoms with Crippen molar-refractivity contribution in [2.45, 2.75) is 13.1 Å². The highest BCUT2D eigenvalue weighted by Crippen LogP contribution is 2.11. The van der Waals surface area contributed by atoms with Crippen LogP contribution in [-0.4, -0.2) is 16.2 Å². The van der Waals surface area contributed by atoms with Crippen molar-refractivity contribution in [3.05, 3.63) is 48.0 Å². The summed E-state index contributed by atoms with van der Waals surface area (Å²) < 4.78 is 7.19. The number of ether oxygens (including phenoxy) is 1. The van der Waals surface area contributed by atoms with Crippen molar-refractivity contribution in [2.75, 3.05) is 6.61 Å². The van der Waals surface area contributed by atoms with E-state index in [1.807, 2.05) is 48.1 Å². The molecule has 0 amide bonds. The first-order valence-electron chi connectivity index (χ1n) is 6.05. The number of imidazole rings is 1. The first kappa shape index (κ1) is 13.1. The van der Waals surface area contributed by atoms with Gasteiger partial charge in [0.2, 0.25) is 0 Å². The first-order chi connectivity index (χ1) is 9.29. The summed E-state index contributed by atoms with van der Waals surface area (Å²) >= 11 is 0. The Hall–Kier alpha value is -2.32. The molecule has 1 heterocycles. The molecule has 5 heteroatoms. The topological polar surface area (TPSA) is 62.9 Å². The van der Waals surface area contributed by atoms with Gasteiger partial charge in [0, 0.05) is 26.0 Å². The number of hydrogen-bond donors (Lipinski definition) is 1. The van der Waals surface area contributed by atoms with Gasteiger partial charge in [-0.25, -0.2) is 4.98 Å². The molecule has 1 aromatic carbocycles. The molecule has 0 aliphatic carbocycles. The third kappa shape index (κ3) is 3.83. The molecule has 1 N–H and O–H groups in total. The monoisotopic (exact) mass is 256 g/mol. The smallest absolute Gasteiger partial charge is 0.174 e. The van der Waals surface area contributed by atoms with Gasteiger partial charge in [-0.3, -0.25) is 0 Å². The Balaban J connectivity index is 1.80. The predicted octanol–water partition coefficient (Wildman–Crippen LogP) is 1.61. The Bertz CT molecular complexity index is 554. The van der Waals surface area contributed by atoms with Crippen LogP contribution in [0.3, 0.4) is 0 Å². The minimum Gasteiger partial charge on any atom is -0.479 e. The van der Waals surface area contributed by atoms with Crippen molar-refractivity contribution in [2.24, 2.45) is 7.05 Å². The van der Waals surface area contributed by atoms with Crippen molar-refractivity contribution >= 4 is 0 Å². The maximum Gasteiger partial charge on any atom is 0.174 e. The second-order valence-corrected chi connectivity index (χ2v) is 4.15. The number of rotatable bonds is 6. The summed E-state index contributed by atoms with van der Waals surface area (Å²) in [6.07, 6.45) is 3.72. The minimum absolute atomic E-state index is 0.0801. The lowest BCUT2D eigenvalue weighted by molar-refractivity contribution is 0.368. The second-order valence-electron chi connectivity index (χ2n) is 4.15. The van der Waals surface area contributed by atoms with Gasteiger partial charge in [0.1, 0.15) is 17.6 Å². The van der Waals surface area contributed by atoms with Gasteiger partial charge in [-0.15, -0.1) is 0 Å². The van der Waals surface area contributed by atoms with Crippen LogP contribution < -0.4 is 10.1 Å². The number of aryl methyl sites for hydroxylation is 1. The summed E-state index contributed by atoms with van der Waals surface area (Å²) in [5.74, 6) is 1.73. The number of aromatic nitrogens is 2. The summed E-state index contributed by atoms with van der Waals surface area (Å²) in [5, 5.41) is 11.7. The SMILES string of the molecule is Cn1ccnc1CNCc1ccc(OCC#N)cc1. The fourth-order valence-corrected chi connectivity index (χ4v) is 1.70. The normalized spacial score (nSPS) is 10.1. The molecule has 0 aliphatic rings. The van der Waals surface area contributed by atoms with Crippen molar-refractivity contribution in [3.63, 3.8) is 0 Å². The van der Waals surface area contributed by atoms with Gasteiger partial charge in [-0.1, -0.05) is 12.1 Å². The Morgan fingerprint density at radius 2 is 2.11 bits per heavy atom. The van der Waals surface area contributed by atoms with Crippen LogP contribution in [-0.2, 0) is 20.1 Å². The van der Waals surface area contributed by atoms with Gasteiger partial charge in [-0.2, -0.15) is 5.26 Å². The maximum absolute atomic E-state index is 8.42. The second kappa shape index (κ2) is 6.57. The summed E-state index contributed by atoms with van der Waals surface area (Å²) in [6, 6.07) is 9.65. The first-order valence-corrected chi connectivity index (χ1v) is 6.05. The van der Waals surface area contributed by atoms with Crippen LogP contribution in [0.2, 0.25) is 0 Å². The molecular formula is C14H16N4O. The van der Waals surface area contributed by atoms with Crippen LogP contribution in [0.15, 0.2) is 36.7 Å². The lowest BCUT2D eigenvalue weighted by Gasteiger charge is -2.06. The zero-order valence-corrected chi connectivity index (χ0v) is 10.8. The van der Waals surface area contributed by atoms with Crippen molar-refractivity contribution in [3.8, 4) is 11.8 Å².